The first-order valence-electron chi connectivity index (χ1n) is 6.34. The molecule has 0 bridgehead atoms. The fraction of sp³-hybridized carbons (Fsp3) is 0.846. The Bertz CT molecular complexity index is 262. The van der Waals surface area contributed by atoms with E-state index < -0.39 is 0 Å². The van der Waals surface area contributed by atoms with Crippen LogP contribution < -0.4 is 0 Å². The monoisotopic (exact) mass is 222 g/mol. The first kappa shape index (κ1) is 13.0. The number of nitrogens with zero attached hydrogens (tertiary/aromatic N) is 2. The second-order valence-electron chi connectivity index (χ2n) is 4.87. The number of hydrogen-bond acceptors (Lipinski definition) is 2. The molecule has 0 aromatic rings. The van der Waals surface area contributed by atoms with E-state index in [9.17, 15) is 4.79 Å². The molecule has 0 aliphatic heterocycles. The van der Waals surface area contributed by atoms with Crippen molar-refractivity contribution in [3.05, 3.63) is 0 Å². The van der Waals surface area contributed by atoms with Crippen molar-refractivity contribution in [2.24, 2.45) is 5.92 Å². The molecule has 1 saturated carbocycles. The molecule has 0 aromatic heterocycles. The summed E-state index contributed by atoms with van der Waals surface area (Å²) < 4.78 is 0. The van der Waals surface area contributed by atoms with Gasteiger partial charge < -0.3 is 4.90 Å². The molecule has 0 atom stereocenters. The van der Waals surface area contributed by atoms with Crippen molar-refractivity contribution >= 4 is 5.91 Å². The van der Waals surface area contributed by atoms with Crippen molar-refractivity contribution in [2.45, 2.75) is 58.4 Å². The Hall–Kier alpha value is -1.04. The lowest BCUT2D eigenvalue weighted by molar-refractivity contribution is -0.138. The van der Waals surface area contributed by atoms with E-state index >= 15 is 0 Å². The van der Waals surface area contributed by atoms with Gasteiger partial charge in [0.05, 0.1) is 12.5 Å². The maximum atomic E-state index is 12.3. The molecule has 0 aromatic carbocycles. The molecule has 0 heterocycles. The topological polar surface area (TPSA) is 44.1 Å². The molecule has 1 amide bonds. The Kier molecular flexibility index (Phi) is 5.31. The predicted octanol–water partition coefficient (Wildman–Crippen LogP) is 2.72. The number of rotatable bonds is 4. The van der Waals surface area contributed by atoms with Gasteiger partial charge in [-0.25, -0.2) is 0 Å². The minimum atomic E-state index is 0.211. The molecule has 1 aliphatic rings. The highest BCUT2D eigenvalue weighted by molar-refractivity contribution is 5.79. The quantitative estimate of drug-likeness (QED) is 0.734. The van der Waals surface area contributed by atoms with Crippen LogP contribution in [0, 0.1) is 17.2 Å². The lowest BCUT2D eigenvalue weighted by Crippen LogP contribution is -2.42. The van der Waals surface area contributed by atoms with Gasteiger partial charge in [-0.1, -0.05) is 19.3 Å². The Morgan fingerprint density at radius 3 is 2.50 bits per heavy atom. The van der Waals surface area contributed by atoms with E-state index in [1.165, 1.54) is 19.3 Å². The fourth-order valence-corrected chi connectivity index (χ4v) is 2.38. The van der Waals surface area contributed by atoms with E-state index in [-0.39, 0.29) is 17.9 Å². The van der Waals surface area contributed by atoms with Crippen LogP contribution in [0.5, 0.6) is 0 Å². The van der Waals surface area contributed by atoms with E-state index in [1.807, 2.05) is 18.7 Å². The summed E-state index contributed by atoms with van der Waals surface area (Å²) in [6, 6.07) is 2.33. The van der Waals surface area contributed by atoms with Crippen LogP contribution >= 0.6 is 0 Å². The van der Waals surface area contributed by atoms with Crippen LogP contribution in [0.1, 0.15) is 52.4 Å². The van der Waals surface area contributed by atoms with Crippen molar-refractivity contribution in [2.75, 3.05) is 6.54 Å². The van der Waals surface area contributed by atoms with Gasteiger partial charge in [0, 0.05) is 18.5 Å². The smallest absolute Gasteiger partial charge is 0.225 e. The first-order chi connectivity index (χ1) is 7.66. The second kappa shape index (κ2) is 6.52. The van der Waals surface area contributed by atoms with E-state index in [2.05, 4.69) is 6.07 Å². The number of carbonyl (C=O) groups is 1. The van der Waals surface area contributed by atoms with E-state index in [0.717, 1.165) is 12.8 Å². The van der Waals surface area contributed by atoms with Crippen molar-refractivity contribution < 1.29 is 4.79 Å². The lowest BCUT2D eigenvalue weighted by atomic mass is 9.88. The van der Waals surface area contributed by atoms with Gasteiger partial charge in [-0.2, -0.15) is 5.26 Å². The Labute approximate surface area is 98.4 Å². The molecule has 0 saturated heterocycles. The van der Waals surface area contributed by atoms with Gasteiger partial charge in [-0.05, 0) is 26.7 Å². The average Bonchev–Trinajstić information content (AvgIpc) is 2.30. The molecule has 0 radical (unpaired) electrons. The van der Waals surface area contributed by atoms with Crippen molar-refractivity contribution in [3.8, 4) is 6.07 Å². The van der Waals surface area contributed by atoms with E-state index in [4.69, 9.17) is 5.26 Å². The average molecular weight is 222 g/mol. The third kappa shape index (κ3) is 3.52. The van der Waals surface area contributed by atoms with Gasteiger partial charge >= 0.3 is 0 Å². The highest BCUT2D eigenvalue weighted by Crippen LogP contribution is 2.26. The molecular formula is C13H22N2O. The Balaban J connectivity index is 2.55. The van der Waals surface area contributed by atoms with Gasteiger partial charge in [0.2, 0.25) is 5.91 Å². The lowest BCUT2D eigenvalue weighted by Gasteiger charge is -2.31. The standard InChI is InChI=1S/C13H22N2O/c1-11(2)15(10-6-9-14)13(16)12-7-4-3-5-8-12/h11-12H,3-8,10H2,1-2H3. The number of amides is 1. The summed E-state index contributed by atoms with van der Waals surface area (Å²) >= 11 is 0. The zero-order chi connectivity index (χ0) is 12.0. The minimum Gasteiger partial charge on any atom is -0.339 e. The van der Waals surface area contributed by atoms with Crippen molar-refractivity contribution in [1.82, 2.24) is 4.90 Å². The molecule has 1 rings (SSSR count). The van der Waals surface area contributed by atoms with Gasteiger partial charge in [-0.15, -0.1) is 0 Å². The highest BCUT2D eigenvalue weighted by Gasteiger charge is 2.26. The van der Waals surface area contributed by atoms with Crippen LogP contribution in [-0.2, 0) is 4.79 Å². The molecule has 0 unspecified atom stereocenters. The van der Waals surface area contributed by atoms with Crippen molar-refractivity contribution in [1.29, 1.82) is 5.26 Å². The zero-order valence-electron chi connectivity index (χ0n) is 10.4. The second-order valence-corrected chi connectivity index (χ2v) is 4.87. The summed E-state index contributed by atoms with van der Waals surface area (Å²) in [5.74, 6) is 0.486. The third-order valence-electron chi connectivity index (χ3n) is 3.33. The highest BCUT2D eigenvalue weighted by atomic mass is 16.2. The number of nitriles is 1. The SMILES string of the molecule is CC(C)N(CCC#N)C(=O)C1CCCCC1. The van der Waals surface area contributed by atoms with Crippen LogP contribution in [0.15, 0.2) is 0 Å². The van der Waals surface area contributed by atoms with E-state index in [0.29, 0.717) is 13.0 Å². The summed E-state index contributed by atoms with van der Waals surface area (Å²) in [6.07, 6.45) is 6.14. The maximum absolute atomic E-state index is 12.3. The van der Waals surface area contributed by atoms with Crippen LogP contribution in [0.25, 0.3) is 0 Å². The van der Waals surface area contributed by atoms with E-state index in [1.54, 1.807) is 0 Å². The van der Waals surface area contributed by atoms with Gasteiger partial charge in [0.1, 0.15) is 0 Å². The Morgan fingerprint density at radius 2 is 2.00 bits per heavy atom. The summed E-state index contributed by atoms with van der Waals surface area (Å²) in [5, 5.41) is 8.60. The van der Waals surface area contributed by atoms with Gasteiger partial charge in [0.25, 0.3) is 0 Å². The number of carbonyl (C=O) groups excluding carboxylic acids is 1. The normalized spacial score (nSPS) is 17.1. The molecule has 3 nitrogen and oxygen atoms in total. The zero-order valence-corrected chi connectivity index (χ0v) is 10.4. The number of hydrogen-bond donors (Lipinski definition) is 0. The molecule has 3 heteroatoms. The van der Waals surface area contributed by atoms with Crippen LogP contribution in [0.2, 0.25) is 0 Å². The molecule has 1 fully saturated rings. The summed E-state index contributed by atoms with van der Waals surface area (Å²) in [7, 11) is 0. The molecule has 90 valence electrons. The third-order valence-corrected chi connectivity index (χ3v) is 3.33. The molecule has 1 aliphatic carbocycles. The molecule has 16 heavy (non-hydrogen) atoms. The van der Waals surface area contributed by atoms with Crippen LogP contribution in [0.4, 0.5) is 0 Å². The largest absolute Gasteiger partial charge is 0.339 e. The first-order valence-corrected chi connectivity index (χ1v) is 6.34. The van der Waals surface area contributed by atoms with Crippen molar-refractivity contribution in [3.63, 3.8) is 0 Å². The van der Waals surface area contributed by atoms with Gasteiger partial charge in [0.15, 0.2) is 0 Å². The summed E-state index contributed by atoms with van der Waals surface area (Å²) in [6.45, 7) is 4.64. The summed E-state index contributed by atoms with van der Waals surface area (Å²) in [5.41, 5.74) is 0. The van der Waals surface area contributed by atoms with Gasteiger partial charge in [-0.3, -0.25) is 4.79 Å². The molecule has 0 N–H and O–H groups in total. The maximum Gasteiger partial charge on any atom is 0.225 e. The molecular weight excluding hydrogens is 200 g/mol. The van der Waals surface area contributed by atoms with Crippen LogP contribution in [0.3, 0.4) is 0 Å². The predicted molar refractivity (Wildman–Crippen MR) is 63.7 cm³/mol. The summed E-state index contributed by atoms with van der Waals surface area (Å²) in [4.78, 5) is 14.1. The Morgan fingerprint density at radius 1 is 1.38 bits per heavy atom. The minimum absolute atomic E-state index is 0.211. The fourth-order valence-electron chi connectivity index (χ4n) is 2.38. The molecule has 0 spiro atoms. The van der Waals surface area contributed by atoms with Crippen LogP contribution in [-0.4, -0.2) is 23.4 Å².